The Morgan fingerprint density at radius 1 is 1.30 bits per heavy atom. The maximum Gasteiger partial charge on any atom is 0.248 e. The van der Waals surface area contributed by atoms with Gasteiger partial charge in [-0.15, -0.1) is 0 Å². The van der Waals surface area contributed by atoms with E-state index in [1.165, 1.54) is 0 Å². The molecule has 1 aliphatic carbocycles. The van der Waals surface area contributed by atoms with Crippen molar-refractivity contribution in [3.8, 4) is 0 Å². The van der Waals surface area contributed by atoms with Crippen molar-refractivity contribution in [3.63, 3.8) is 0 Å². The van der Waals surface area contributed by atoms with Crippen LogP contribution in [0, 0.1) is 12.8 Å². The zero-order valence-corrected chi connectivity index (χ0v) is 11.6. The topological polar surface area (TPSA) is 62.3 Å². The summed E-state index contributed by atoms with van der Waals surface area (Å²) in [4.78, 5) is 30.4. The summed E-state index contributed by atoms with van der Waals surface area (Å²) >= 11 is 0. The highest BCUT2D eigenvalue weighted by molar-refractivity contribution is 5.97. The van der Waals surface area contributed by atoms with Crippen molar-refractivity contribution in [3.05, 3.63) is 23.9 Å². The quantitative estimate of drug-likeness (QED) is 0.912. The SMILES string of the molecule is Cc1ccc(NC(=O)[C@@H]2CCCN2C(=O)C2CC2)nc1. The predicted molar refractivity (Wildman–Crippen MR) is 75.1 cm³/mol. The first-order chi connectivity index (χ1) is 9.65. The number of amides is 2. The van der Waals surface area contributed by atoms with Crippen LogP contribution in [0.3, 0.4) is 0 Å². The number of carbonyl (C=O) groups excluding carboxylic acids is 2. The molecule has 1 saturated carbocycles. The fraction of sp³-hybridized carbons (Fsp3) is 0.533. The Bertz CT molecular complexity index is 522. The summed E-state index contributed by atoms with van der Waals surface area (Å²) in [5.74, 6) is 0.750. The number of rotatable bonds is 3. The molecule has 106 valence electrons. The van der Waals surface area contributed by atoms with Gasteiger partial charge in [-0.3, -0.25) is 9.59 Å². The standard InChI is InChI=1S/C15H19N3O2/c1-10-4-7-13(16-9-10)17-14(19)12-3-2-8-18(12)15(20)11-5-6-11/h4,7,9,11-12H,2-3,5-6,8H2,1H3,(H,16,17,19)/t12-/m0/s1. The second-order valence-electron chi connectivity index (χ2n) is 5.67. The lowest BCUT2D eigenvalue weighted by Crippen LogP contribution is -2.43. The van der Waals surface area contributed by atoms with E-state index in [0.29, 0.717) is 12.4 Å². The molecular weight excluding hydrogens is 254 g/mol. The third-order valence-corrected chi connectivity index (χ3v) is 3.93. The first-order valence-corrected chi connectivity index (χ1v) is 7.19. The van der Waals surface area contributed by atoms with Crippen molar-refractivity contribution in [1.29, 1.82) is 0 Å². The molecule has 1 aromatic heterocycles. The Kier molecular flexibility index (Phi) is 3.42. The van der Waals surface area contributed by atoms with Crippen LogP contribution in [0.5, 0.6) is 0 Å². The van der Waals surface area contributed by atoms with Crippen molar-refractivity contribution in [2.45, 2.75) is 38.6 Å². The van der Waals surface area contributed by atoms with Gasteiger partial charge < -0.3 is 10.2 Å². The molecule has 5 heteroatoms. The number of hydrogen-bond acceptors (Lipinski definition) is 3. The number of aryl methyl sites for hydroxylation is 1. The Hall–Kier alpha value is -1.91. The van der Waals surface area contributed by atoms with Gasteiger partial charge in [0.05, 0.1) is 0 Å². The molecule has 0 unspecified atom stereocenters. The highest BCUT2D eigenvalue weighted by Gasteiger charge is 2.40. The van der Waals surface area contributed by atoms with Crippen LogP contribution >= 0.6 is 0 Å². The zero-order chi connectivity index (χ0) is 14.1. The lowest BCUT2D eigenvalue weighted by Gasteiger charge is -2.23. The van der Waals surface area contributed by atoms with Crippen LogP contribution in [-0.4, -0.2) is 34.3 Å². The van der Waals surface area contributed by atoms with E-state index in [0.717, 1.165) is 31.2 Å². The average Bonchev–Trinajstić information content (AvgIpc) is 3.17. The van der Waals surface area contributed by atoms with Gasteiger partial charge in [-0.1, -0.05) is 6.07 Å². The van der Waals surface area contributed by atoms with Crippen molar-refractivity contribution in [1.82, 2.24) is 9.88 Å². The summed E-state index contributed by atoms with van der Waals surface area (Å²) in [6, 6.07) is 3.37. The maximum absolute atomic E-state index is 12.3. The largest absolute Gasteiger partial charge is 0.330 e. The lowest BCUT2D eigenvalue weighted by atomic mass is 10.2. The summed E-state index contributed by atoms with van der Waals surface area (Å²) in [7, 11) is 0. The normalized spacial score (nSPS) is 21.9. The van der Waals surface area contributed by atoms with E-state index in [4.69, 9.17) is 0 Å². The van der Waals surface area contributed by atoms with Gasteiger partial charge in [0.25, 0.3) is 0 Å². The number of anilines is 1. The van der Waals surface area contributed by atoms with Crippen LogP contribution < -0.4 is 5.32 Å². The smallest absolute Gasteiger partial charge is 0.248 e. The molecule has 2 fully saturated rings. The monoisotopic (exact) mass is 273 g/mol. The van der Waals surface area contributed by atoms with Crippen LogP contribution in [0.4, 0.5) is 5.82 Å². The summed E-state index contributed by atoms with van der Waals surface area (Å²) < 4.78 is 0. The minimum Gasteiger partial charge on any atom is -0.330 e. The summed E-state index contributed by atoms with van der Waals surface area (Å²) in [6.07, 6.45) is 5.32. The van der Waals surface area contributed by atoms with Crippen molar-refractivity contribution in [2.75, 3.05) is 11.9 Å². The predicted octanol–water partition coefficient (Wildman–Crippen LogP) is 1.73. The average molecular weight is 273 g/mol. The van der Waals surface area contributed by atoms with Gasteiger partial charge in [-0.2, -0.15) is 0 Å². The van der Waals surface area contributed by atoms with Gasteiger partial charge in [0.2, 0.25) is 11.8 Å². The summed E-state index contributed by atoms with van der Waals surface area (Å²) in [5.41, 5.74) is 1.05. The highest BCUT2D eigenvalue weighted by atomic mass is 16.2. The van der Waals surface area contributed by atoms with Gasteiger partial charge in [0, 0.05) is 18.7 Å². The fourth-order valence-electron chi connectivity index (χ4n) is 2.62. The van der Waals surface area contributed by atoms with Crippen molar-refractivity contribution in [2.24, 2.45) is 5.92 Å². The minimum atomic E-state index is -0.328. The first kappa shape index (κ1) is 13.1. The number of nitrogens with one attached hydrogen (secondary N) is 1. The van der Waals surface area contributed by atoms with E-state index in [1.54, 1.807) is 17.2 Å². The van der Waals surface area contributed by atoms with Crippen LogP contribution in [0.15, 0.2) is 18.3 Å². The number of nitrogens with zero attached hydrogens (tertiary/aromatic N) is 2. The molecule has 0 radical (unpaired) electrons. The van der Waals surface area contributed by atoms with E-state index in [2.05, 4.69) is 10.3 Å². The maximum atomic E-state index is 12.3. The first-order valence-electron chi connectivity index (χ1n) is 7.19. The van der Waals surface area contributed by atoms with E-state index in [9.17, 15) is 9.59 Å². The molecular formula is C15H19N3O2. The van der Waals surface area contributed by atoms with E-state index < -0.39 is 0 Å². The summed E-state index contributed by atoms with van der Waals surface area (Å²) in [6.45, 7) is 2.65. The Balaban J connectivity index is 1.66. The second kappa shape index (κ2) is 5.23. The molecule has 0 spiro atoms. The molecule has 1 saturated heterocycles. The molecule has 0 aromatic carbocycles. The lowest BCUT2D eigenvalue weighted by molar-refractivity contribution is -0.137. The highest BCUT2D eigenvalue weighted by Crippen LogP contribution is 2.33. The number of hydrogen-bond donors (Lipinski definition) is 1. The second-order valence-corrected chi connectivity index (χ2v) is 5.67. The summed E-state index contributed by atoms with van der Waals surface area (Å²) in [5, 5.41) is 2.81. The van der Waals surface area contributed by atoms with Crippen LogP contribution in [-0.2, 0) is 9.59 Å². The van der Waals surface area contributed by atoms with Crippen LogP contribution in [0.1, 0.15) is 31.2 Å². The van der Waals surface area contributed by atoms with Crippen LogP contribution in [0.2, 0.25) is 0 Å². The van der Waals surface area contributed by atoms with E-state index in [1.807, 2.05) is 13.0 Å². The van der Waals surface area contributed by atoms with Gasteiger partial charge in [0.15, 0.2) is 0 Å². The molecule has 2 amide bonds. The van der Waals surface area contributed by atoms with Gasteiger partial charge in [-0.05, 0) is 44.2 Å². The zero-order valence-electron chi connectivity index (χ0n) is 11.6. The van der Waals surface area contributed by atoms with Crippen LogP contribution in [0.25, 0.3) is 0 Å². The van der Waals surface area contributed by atoms with Gasteiger partial charge in [0.1, 0.15) is 11.9 Å². The third kappa shape index (κ3) is 2.66. The van der Waals surface area contributed by atoms with Crippen molar-refractivity contribution >= 4 is 17.6 Å². The molecule has 0 bridgehead atoms. The Labute approximate surface area is 118 Å². The number of carbonyl (C=O) groups is 2. The number of pyridine rings is 1. The molecule has 20 heavy (non-hydrogen) atoms. The molecule has 1 aromatic rings. The van der Waals surface area contributed by atoms with E-state index in [-0.39, 0.29) is 23.8 Å². The molecule has 1 N–H and O–H groups in total. The third-order valence-electron chi connectivity index (χ3n) is 3.93. The molecule has 2 heterocycles. The number of likely N-dealkylation sites (tertiary alicyclic amines) is 1. The van der Waals surface area contributed by atoms with E-state index >= 15 is 0 Å². The molecule has 1 aliphatic heterocycles. The minimum absolute atomic E-state index is 0.118. The Morgan fingerprint density at radius 2 is 2.10 bits per heavy atom. The molecule has 3 rings (SSSR count). The molecule has 1 atom stereocenters. The number of aromatic nitrogens is 1. The van der Waals surface area contributed by atoms with Gasteiger partial charge in [-0.25, -0.2) is 4.98 Å². The molecule has 2 aliphatic rings. The Morgan fingerprint density at radius 3 is 2.75 bits per heavy atom. The fourth-order valence-corrected chi connectivity index (χ4v) is 2.62. The van der Waals surface area contributed by atoms with Gasteiger partial charge >= 0.3 is 0 Å². The molecule has 5 nitrogen and oxygen atoms in total. The van der Waals surface area contributed by atoms with Crippen molar-refractivity contribution < 1.29 is 9.59 Å².